The molecule has 9 atom stereocenters. The van der Waals surface area contributed by atoms with Crippen molar-refractivity contribution < 1.29 is 68.1 Å². The number of carbonyl (C=O) groups is 11. The molecule has 98 heavy (non-hydrogen) atoms. The first-order valence-corrected chi connectivity index (χ1v) is 32.2. The standard InChI is InChI=1S/C67H87N17O14/c1-37(2)26-55(64(96)77-48(14-8-24-73-67(70)71)66(98)84-25-9-15-54(84)63(95)75-34-56(69)87)83(3)65(97)52(29-39-16-19-40-10-4-5-11-41(40)27-39)81-59(91)49(28-38-17-20-44(86)21-18-38)79-62(94)53(35-85)82-60(92)50(30-42-32-74-47-13-7-6-12-45(42)47)80-61(93)51(31-43-33-72-36-76-43)78-58(90)46(68)22-23-57(88)89/h4-7,10-13,16-21,27,32-33,36-37,46,48-55,74,85-86H,8-9,14-15,22-26,28-31,34-35,68H2,1-3H3,(H2,69,87)(H,72,76)(H,75,95)(H,77,96)(H,78,90)(H,79,94)(H,80,93)(H,81,91)(H,82,92)(H,88,89)(H4,70,71,73)/t46-,48-,49-,50-,51-,52+,53-,54-,55-/m0/s1. The van der Waals surface area contributed by atoms with E-state index in [1.165, 1.54) is 48.7 Å². The highest BCUT2D eigenvalue weighted by Gasteiger charge is 2.41. The zero-order valence-corrected chi connectivity index (χ0v) is 54.7. The average molecular weight is 1350 g/mol. The van der Waals surface area contributed by atoms with Crippen LogP contribution in [-0.2, 0) is 78.4 Å². The van der Waals surface area contributed by atoms with Crippen LogP contribution in [0, 0.1) is 11.3 Å². The number of aliphatic hydroxyl groups excluding tert-OH is 1. The normalized spacial score (nSPS) is 15.2. The number of H-pyrrole nitrogens is 2. The minimum Gasteiger partial charge on any atom is -0.508 e. The molecule has 0 saturated carbocycles. The summed E-state index contributed by atoms with van der Waals surface area (Å²) in [6.45, 7) is 2.37. The number of nitrogens with zero attached hydrogens (tertiary/aromatic N) is 3. The first-order chi connectivity index (χ1) is 46.8. The lowest BCUT2D eigenvalue weighted by molar-refractivity contribution is -0.145. The maximum Gasteiger partial charge on any atom is 0.303 e. The van der Waals surface area contributed by atoms with Gasteiger partial charge in [-0.1, -0.05) is 86.6 Å². The highest BCUT2D eigenvalue weighted by molar-refractivity contribution is 5.99. The number of aromatic hydroxyl groups is 1. The number of primary amides is 1. The van der Waals surface area contributed by atoms with Gasteiger partial charge in [-0.05, 0) is 90.1 Å². The number of carbonyl (C=O) groups excluding carboxylic acids is 10. The van der Waals surface area contributed by atoms with Crippen LogP contribution in [0.2, 0.25) is 0 Å². The zero-order chi connectivity index (χ0) is 71.2. The lowest BCUT2D eigenvalue weighted by atomic mass is 9.97. The number of carboxylic acid groups (broad SMARTS) is 1. The molecule has 6 aromatic rings. The zero-order valence-electron chi connectivity index (χ0n) is 54.7. The summed E-state index contributed by atoms with van der Waals surface area (Å²) in [6.07, 6.45) is 3.68. The van der Waals surface area contributed by atoms with E-state index < -0.39 is 139 Å². The van der Waals surface area contributed by atoms with Gasteiger partial charge in [0.05, 0.1) is 31.2 Å². The Balaban J connectivity index is 1.18. The number of aromatic nitrogens is 3. The lowest BCUT2D eigenvalue weighted by Gasteiger charge is -2.34. The first kappa shape index (κ1) is 74.4. The molecule has 0 unspecified atom stereocenters. The molecule has 4 aromatic carbocycles. The Hall–Kier alpha value is -11.0. The summed E-state index contributed by atoms with van der Waals surface area (Å²) < 4.78 is 0. The first-order valence-electron chi connectivity index (χ1n) is 32.2. The Morgan fingerprint density at radius 3 is 1.95 bits per heavy atom. The van der Waals surface area contributed by atoms with Gasteiger partial charge >= 0.3 is 5.97 Å². The molecule has 1 saturated heterocycles. The second kappa shape index (κ2) is 35.7. The molecule has 31 heteroatoms. The van der Waals surface area contributed by atoms with Crippen molar-refractivity contribution in [3.8, 4) is 5.75 Å². The van der Waals surface area contributed by atoms with Gasteiger partial charge in [-0.2, -0.15) is 0 Å². The number of aliphatic carboxylic acids is 1. The molecule has 524 valence electrons. The van der Waals surface area contributed by atoms with Gasteiger partial charge in [-0.3, -0.25) is 58.1 Å². The number of phenolic OH excluding ortho intramolecular Hbond substituents is 1. The van der Waals surface area contributed by atoms with E-state index in [4.69, 9.17) is 22.6 Å². The molecule has 1 aliphatic rings. The van der Waals surface area contributed by atoms with Crippen LogP contribution in [0.4, 0.5) is 0 Å². The summed E-state index contributed by atoms with van der Waals surface area (Å²) in [5.74, 6) is -10.3. The third kappa shape index (κ3) is 21.5. The van der Waals surface area contributed by atoms with E-state index >= 15 is 9.59 Å². The van der Waals surface area contributed by atoms with E-state index in [1.807, 2.05) is 50.2 Å². The molecule has 20 N–H and O–H groups in total. The predicted molar refractivity (Wildman–Crippen MR) is 359 cm³/mol. The van der Waals surface area contributed by atoms with Gasteiger partial charge in [-0.15, -0.1) is 0 Å². The van der Waals surface area contributed by atoms with E-state index in [2.05, 4.69) is 57.5 Å². The minimum atomic E-state index is -1.83. The average Bonchev–Trinajstić information content (AvgIpc) is 1.89. The van der Waals surface area contributed by atoms with Crippen LogP contribution in [0.5, 0.6) is 5.75 Å². The van der Waals surface area contributed by atoms with Crippen LogP contribution in [0.3, 0.4) is 0 Å². The third-order valence-corrected chi connectivity index (χ3v) is 16.7. The number of para-hydroxylation sites is 1. The fourth-order valence-electron chi connectivity index (χ4n) is 11.5. The molecular weight excluding hydrogens is 1270 g/mol. The van der Waals surface area contributed by atoms with E-state index in [9.17, 15) is 58.5 Å². The van der Waals surface area contributed by atoms with E-state index in [0.717, 1.165) is 15.7 Å². The van der Waals surface area contributed by atoms with Crippen molar-refractivity contribution in [3.63, 3.8) is 0 Å². The summed E-state index contributed by atoms with van der Waals surface area (Å²) in [5, 5.41) is 61.5. The molecule has 3 heterocycles. The number of likely N-dealkylation sites (N-methyl/N-ethyl adjacent to an activating group) is 1. The number of phenols is 1. The van der Waals surface area contributed by atoms with E-state index in [-0.39, 0.29) is 88.5 Å². The second-order valence-electron chi connectivity index (χ2n) is 24.6. The summed E-state index contributed by atoms with van der Waals surface area (Å²) in [6, 6.07) is 12.7. The monoisotopic (exact) mass is 1350 g/mol. The highest BCUT2D eigenvalue weighted by atomic mass is 16.4. The molecule has 0 aliphatic carbocycles. The van der Waals surface area contributed by atoms with Gasteiger partial charge in [0.1, 0.15) is 54.1 Å². The van der Waals surface area contributed by atoms with Gasteiger partial charge in [0.25, 0.3) is 0 Å². The second-order valence-corrected chi connectivity index (χ2v) is 24.6. The van der Waals surface area contributed by atoms with E-state index in [0.29, 0.717) is 39.7 Å². The van der Waals surface area contributed by atoms with Crippen molar-refractivity contribution in [1.82, 2.24) is 67.3 Å². The highest BCUT2D eigenvalue weighted by Crippen LogP contribution is 2.24. The van der Waals surface area contributed by atoms with Crippen LogP contribution in [-0.4, -0.2) is 199 Å². The number of aliphatic hydroxyl groups is 1. The quantitative estimate of drug-likeness (QED) is 0.0125. The molecular formula is C67H87N17O14. The number of likely N-dealkylation sites (tertiary alicyclic amines) is 1. The Kier molecular flexibility index (Phi) is 27.1. The number of aromatic amines is 2. The van der Waals surface area contributed by atoms with Crippen molar-refractivity contribution >= 4 is 92.7 Å². The topological polar surface area (TPSA) is 498 Å². The molecule has 31 nitrogen and oxygen atoms in total. The molecule has 0 bridgehead atoms. The summed E-state index contributed by atoms with van der Waals surface area (Å²) in [7, 11) is 1.37. The number of nitrogens with one attached hydrogen (secondary N) is 11. The molecule has 2 aromatic heterocycles. The van der Waals surface area contributed by atoms with Gasteiger partial charge in [0, 0.05) is 75.5 Å². The summed E-state index contributed by atoms with van der Waals surface area (Å²) in [5.41, 5.74) is 19.3. The number of imidazole rings is 1. The molecule has 0 radical (unpaired) electrons. The summed E-state index contributed by atoms with van der Waals surface area (Å²) >= 11 is 0. The van der Waals surface area contributed by atoms with Crippen molar-refractivity contribution in [3.05, 3.63) is 132 Å². The van der Waals surface area contributed by atoms with Crippen molar-refractivity contribution in [2.75, 3.05) is 33.3 Å². The number of amides is 10. The van der Waals surface area contributed by atoms with Crippen LogP contribution in [0.1, 0.15) is 81.2 Å². The SMILES string of the molecule is CC(C)C[C@@H](C(=O)N[C@@H](CCCNC(=N)N)C(=O)N1CCC[C@H]1C(=O)NCC(N)=O)N(C)C(=O)[C@@H](Cc1ccc2ccccc2c1)NC(=O)[C@H](Cc1ccc(O)cc1)NC(=O)[C@H](CO)NC(=O)[C@H](Cc1c[nH]c2ccccc12)NC(=O)[C@H](Cc1c[nH]cn1)NC(=O)[C@@H](N)CCC(=O)O. The Bertz CT molecular complexity index is 3810. The fourth-order valence-corrected chi connectivity index (χ4v) is 11.5. The Labute approximate surface area is 564 Å². The number of nitrogens with two attached hydrogens (primary N) is 3. The maximum atomic E-state index is 15.5. The predicted octanol–water partition coefficient (Wildman–Crippen LogP) is -1.16. The number of rotatable bonds is 36. The minimum absolute atomic E-state index is 0.00874. The molecule has 7 rings (SSSR count). The van der Waals surface area contributed by atoms with Crippen LogP contribution >= 0.6 is 0 Å². The van der Waals surface area contributed by atoms with Crippen molar-refractivity contribution in [2.24, 2.45) is 23.1 Å². The molecule has 1 fully saturated rings. The van der Waals surface area contributed by atoms with Crippen LogP contribution in [0.15, 0.2) is 110 Å². The number of hydrogen-bond acceptors (Lipinski definition) is 16. The van der Waals surface area contributed by atoms with Crippen molar-refractivity contribution in [1.29, 1.82) is 5.41 Å². The van der Waals surface area contributed by atoms with Crippen LogP contribution < -0.4 is 59.7 Å². The van der Waals surface area contributed by atoms with Crippen molar-refractivity contribution in [2.45, 2.75) is 139 Å². The Morgan fingerprint density at radius 1 is 0.694 bits per heavy atom. The lowest BCUT2D eigenvalue weighted by Crippen LogP contribution is -2.62. The van der Waals surface area contributed by atoms with Crippen LogP contribution in [0.25, 0.3) is 21.7 Å². The summed E-state index contributed by atoms with van der Waals surface area (Å²) in [4.78, 5) is 166. The number of carboxylic acids is 1. The van der Waals surface area contributed by atoms with Gasteiger partial charge in [0.2, 0.25) is 59.1 Å². The molecule has 0 spiro atoms. The fraction of sp³-hybridized carbons (Fsp3) is 0.418. The van der Waals surface area contributed by atoms with Gasteiger partial charge in [0.15, 0.2) is 5.96 Å². The number of guanidine groups is 1. The number of benzene rings is 4. The Morgan fingerprint density at radius 2 is 1.30 bits per heavy atom. The smallest absolute Gasteiger partial charge is 0.303 e. The number of hydrogen-bond donors (Lipinski definition) is 17. The van der Waals surface area contributed by atoms with Gasteiger partial charge < -0.3 is 94.8 Å². The van der Waals surface area contributed by atoms with Gasteiger partial charge in [-0.25, -0.2) is 4.98 Å². The molecule has 10 amide bonds. The number of fused-ring (bicyclic) bond motifs is 2. The van der Waals surface area contributed by atoms with E-state index in [1.54, 1.807) is 36.5 Å². The maximum absolute atomic E-state index is 15.5. The third-order valence-electron chi connectivity index (χ3n) is 16.7. The largest absolute Gasteiger partial charge is 0.508 e. The molecule has 1 aliphatic heterocycles.